The molecule has 2 heteroatoms. The molecule has 22 heavy (non-hydrogen) atoms. The Balaban J connectivity index is 2.69. The lowest BCUT2D eigenvalue weighted by Gasteiger charge is -2.41. The van der Waals surface area contributed by atoms with E-state index in [1.807, 2.05) is 12.1 Å². The Morgan fingerprint density at radius 1 is 0.864 bits per heavy atom. The molecule has 0 bridgehead atoms. The lowest BCUT2D eigenvalue weighted by atomic mass is 10.2. The van der Waals surface area contributed by atoms with Crippen LogP contribution >= 0.6 is 0 Å². The zero-order chi connectivity index (χ0) is 16.1. The number of hydrogen-bond acceptors (Lipinski definition) is 1. The van der Waals surface area contributed by atoms with Crippen molar-refractivity contribution in [1.82, 2.24) is 0 Å². The summed E-state index contributed by atoms with van der Waals surface area (Å²) in [7, 11) is -2.45. The summed E-state index contributed by atoms with van der Waals surface area (Å²) in [5, 5.41) is 2.50. The summed E-state index contributed by atoms with van der Waals surface area (Å²) in [6.07, 6.45) is 4.98. The van der Waals surface area contributed by atoms with E-state index in [9.17, 15) is 0 Å². The van der Waals surface area contributed by atoms with Crippen LogP contribution in [0.25, 0.3) is 0 Å². The first-order chi connectivity index (χ1) is 10.5. The normalized spacial score (nSPS) is 12.3. The topological polar surface area (TPSA) is 9.23 Å². The molecule has 0 N–H and O–H groups in total. The predicted octanol–water partition coefficient (Wildman–Crippen LogP) is 4.07. The van der Waals surface area contributed by atoms with Gasteiger partial charge in [0.2, 0.25) is 0 Å². The van der Waals surface area contributed by atoms with Crippen LogP contribution in [-0.2, 0) is 4.43 Å². The molecular weight excluding hydrogens is 284 g/mol. The van der Waals surface area contributed by atoms with Gasteiger partial charge in [0.15, 0.2) is 0 Å². The molecule has 0 saturated carbocycles. The van der Waals surface area contributed by atoms with Gasteiger partial charge in [-0.15, -0.1) is 0 Å². The highest BCUT2D eigenvalue weighted by molar-refractivity contribution is 6.99. The monoisotopic (exact) mass is 307 g/mol. The van der Waals surface area contributed by atoms with Crippen molar-refractivity contribution in [3.8, 4) is 0 Å². The number of rotatable bonds is 5. The maximum absolute atomic E-state index is 6.45. The van der Waals surface area contributed by atoms with E-state index in [0.29, 0.717) is 0 Å². The van der Waals surface area contributed by atoms with Crippen LogP contribution in [0.1, 0.15) is 20.8 Å². The van der Waals surface area contributed by atoms with Crippen LogP contribution in [0.5, 0.6) is 0 Å². The molecule has 0 saturated heterocycles. The molecular formula is C20H23OSi. The van der Waals surface area contributed by atoms with Crippen molar-refractivity contribution < 1.29 is 4.43 Å². The molecule has 0 fully saturated rings. The molecule has 2 rings (SSSR count). The van der Waals surface area contributed by atoms with Crippen LogP contribution in [0.2, 0.25) is 5.04 Å². The smallest absolute Gasteiger partial charge is 0.319 e. The van der Waals surface area contributed by atoms with E-state index in [1.54, 1.807) is 12.3 Å². The first-order valence-corrected chi connectivity index (χ1v) is 9.42. The summed E-state index contributed by atoms with van der Waals surface area (Å²) in [5.41, 5.74) is 0. The average Bonchev–Trinajstić information content (AvgIpc) is 2.52. The molecule has 0 heterocycles. The second-order valence-electron chi connectivity index (χ2n) is 6.30. The van der Waals surface area contributed by atoms with Crippen LogP contribution < -0.4 is 10.4 Å². The Kier molecular flexibility index (Phi) is 5.04. The van der Waals surface area contributed by atoms with Gasteiger partial charge in [-0.3, -0.25) is 0 Å². The Morgan fingerprint density at radius 3 is 1.68 bits per heavy atom. The Labute approximate surface area is 135 Å². The van der Waals surface area contributed by atoms with Gasteiger partial charge in [-0.05, 0) is 21.5 Å². The average molecular weight is 307 g/mol. The predicted molar refractivity (Wildman–Crippen MR) is 96.7 cm³/mol. The Morgan fingerprint density at radius 2 is 1.32 bits per heavy atom. The minimum atomic E-state index is -2.45. The fraction of sp³-hybridized carbons (Fsp3) is 0.200. The molecule has 1 radical (unpaired) electrons. The largest absolute Gasteiger partial charge is 0.540 e. The van der Waals surface area contributed by atoms with Gasteiger partial charge >= 0.3 is 8.32 Å². The summed E-state index contributed by atoms with van der Waals surface area (Å²) in [4.78, 5) is 0. The third-order valence-corrected chi connectivity index (χ3v) is 8.75. The van der Waals surface area contributed by atoms with Crippen molar-refractivity contribution in [2.24, 2.45) is 0 Å². The van der Waals surface area contributed by atoms with Crippen LogP contribution in [0.15, 0.2) is 79.1 Å². The molecule has 1 nitrogen and oxygen atoms in total. The van der Waals surface area contributed by atoms with E-state index in [4.69, 9.17) is 11.0 Å². The summed E-state index contributed by atoms with van der Waals surface area (Å²) in [6.45, 7) is 12.2. The van der Waals surface area contributed by atoms with Gasteiger partial charge in [0.25, 0.3) is 0 Å². The molecule has 0 atom stereocenters. The second-order valence-corrected chi connectivity index (χ2v) is 10.6. The molecule has 0 aliphatic carbocycles. The van der Waals surface area contributed by atoms with E-state index in [-0.39, 0.29) is 5.04 Å². The van der Waals surface area contributed by atoms with Gasteiger partial charge < -0.3 is 4.43 Å². The summed E-state index contributed by atoms with van der Waals surface area (Å²) in [5.74, 6) is 0. The number of hydrogen-bond donors (Lipinski definition) is 0. The number of allylic oxidation sites excluding steroid dienone is 2. The van der Waals surface area contributed by atoms with E-state index in [2.05, 4.69) is 69.3 Å². The van der Waals surface area contributed by atoms with Gasteiger partial charge in [-0.25, -0.2) is 0 Å². The lowest BCUT2D eigenvalue weighted by molar-refractivity contribution is 0.445. The SMILES string of the molecule is [CH]=C/C=C/O[Si](c1ccccc1)(c1ccccc1)C(C)(C)C. The van der Waals surface area contributed by atoms with Crippen molar-refractivity contribution >= 4 is 18.7 Å². The van der Waals surface area contributed by atoms with Crippen molar-refractivity contribution in [2.75, 3.05) is 0 Å². The highest BCUT2D eigenvalue weighted by atomic mass is 28.4. The summed E-state index contributed by atoms with van der Waals surface area (Å²) >= 11 is 0. The first-order valence-electron chi connectivity index (χ1n) is 7.51. The molecule has 113 valence electrons. The highest BCUT2D eigenvalue weighted by Crippen LogP contribution is 2.36. The Bertz CT molecular complexity index is 584. The van der Waals surface area contributed by atoms with Crippen LogP contribution in [0, 0.1) is 6.58 Å². The van der Waals surface area contributed by atoms with E-state index in [0.717, 1.165) is 0 Å². The fourth-order valence-corrected chi connectivity index (χ4v) is 7.18. The maximum atomic E-state index is 6.45. The van der Waals surface area contributed by atoms with E-state index in [1.165, 1.54) is 16.4 Å². The third kappa shape index (κ3) is 3.07. The van der Waals surface area contributed by atoms with Crippen molar-refractivity contribution in [3.63, 3.8) is 0 Å². The summed E-state index contributed by atoms with van der Waals surface area (Å²) in [6, 6.07) is 21.1. The molecule has 0 aromatic heterocycles. The van der Waals surface area contributed by atoms with Crippen molar-refractivity contribution in [2.45, 2.75) is 25.8 Å². The lowest BCUT2D eigenvalue weighted by Crippen LogP contribution is -2.65. The molecule has 2 aromatic carbocycles. The first kappa shape index (κ1) is 16.3. The fourth-order valence-electron chi connectivity index (χ4n) is 2.88. The third-order valence-electron chi connectivity index (χ3n) is 3.85. The zero-order valence-corrected chi connectivity index (χ0v) is 14.5. The van der Waals surface area contributed by atoms with Crippen LogP contribution in [-0.4, -0.2) is 8.32 Å². The van der Waals surface area contributed by atoms with Gasteiger partial charge in [-0.2, -0.15) is 0 Å². The highest BCUT2D eigenvalue weighted by Gasteiger charge is 2.51. The van der Waals surface area contributed by atoms with Gasteiger partial charge in [-0.1, -0.05) is 94.1 Å². The summed E-state index contributed by atoms with van der Waals surface area (Å²) < 4.78 is 6.45. The van der Waals surface area contributed by atoms with E-state index < -0.39 is 8.32 Å². The molecule has 0 amide bonds. The standard InChI is InChI=1S/C20H23OSi/c1-5-6-17-21-22(20(2,3)4,18-13-9-7-10-14-18)19-15-11-8-12-16-19/h1,5-17H,2-4H3/b5-1?,17-6+. The second kappa shape index (κ2) is 6.80. The van der Waals surface area contributed by atoms with Crippen molar-refractivity contribution in [3.05, 3.63) is 85.7 Å². The van der Waals surface area contributed by atoms with E-state index >= 15 is 0 Å². The molecule has 2 aromatic rings. The maximum Gasteiger partial charge on any atom is 0.319 e. The minimum absolute atomic E-state index is 0.0192. The van der Waals surface area contributed by atoms with Gasteiger partial charge in [0, 0.05) is 0 Å². The molecule has 0 aliphatic heterocycles. The quantitative estimate of drug-likeness (QED) is 0.460. The molecule has 0 unspecified atom stereocenters. The van der Waals surface area contributed by atoms with Crippen molar-refractivity contribution in [1.29, 1.82) is 0 Å². The van der Waals surface area contributed by atoms with Crippen LogP contribution in [0.4, 0.5) is 0 Å². The van der Waals surface area contributed by atoms with Gasteiger partial charge in [0.1, 0.15) is 0 Å². The van der Waals surface area contributed by atoms with Gasteiger partial charge in [0.05, 0.1) is 6.26 Å². The Hall–Kier alpha value is -2.06. The van der Waals surface area contributed by atoms with Crippen LogP contribution in [0.3, 0.4) is 0 Å². The molecule has 0 spiro atoms. The minimum Gasteiger partial charge on any atom is -0.540 e. The number of benzene rings is 2. The zero-order valence-electron chi connectivity index (χ0n) is 13.5. The molecule has 0 aliphatic rings.